The number of primary sulfonamides is 1. The van der Waals surface area contributed by atoms with Gasteiger partial charge in [0, 0.05) is 5.69 Å². The van der Waals surface area contributed by atoms with Crippen molar-refractivity contribution in [3.63, 3.8) is 0 Å². The van der Waals surface area contributed by atoms with Crippen LogP contribution in [-0.2, 0) is 14.8 Å². The van der Waals surface area contributed by atoms with E-state index in [2.05, 4.69) is 15.5 Å². The van der Waals surface area contributed by atoms with Crippen LogP contribution >= 0.6 is 11.8 Å². The predicted octanol–water partition coefficient (Wildman–Crippen LogP) is 2.41. The van der Waals surface area contributed by atoms with Gasteiger partial charge in [0.2, 0.25) is 21.7 Å². The van der Waals surface area contributed by atoms with Crippen LogP contribution < -0.4 is 16.0 Å². The first kappa shape index (κ1) is 22.8. The number of fused-ring (bicyclic) bond motifs is 3. The average Bonchev–Trinajstić information content (AvgIpc) is 3.27. The number of aromatic nitrogens is 4. The van der Waals surface area contributed by atoms with Crippen LogP contribution in [0.3, 0.4) is 0 Å². The molecule has 35 heavy (non-hydrogen) atoms. The van der Waals surface area contributed by atoms with E-state index in [1.165, 1.54) is 28.8 Å². The summed E-state index contributed by atoms with van der Waals surface area (Å²) in [6.45, 7) is 0. The molecule has 5 rings (SSSR count). The van der Waals surface area contributed by atoms with E-state index in [9.17, 15) is 18.0 Å². The summed E-state index contributed by atoms with van der Waals surface area (Å²) in [5.41, 5.74) is 1.49. The lowest BCUT2D eigenvalue weighted by molar-refractivity contribution is -0.113. The molecule has 1 amide bonds. The number of nitrogens with zero attached hydrogens (tertiary/aromatic N) is 4. The molecule has 2 heterocycles. The molecule has 0 saturated carbocycles. The van der Waals surface area contributed by atoms with E-state index >= 15 is 0 Å². The molecule has 0 aliphatic carbocycles. The van der Waals surface area contributed by atoms with E-state index in [1.807, 2.05) is 36.4 Å². The quantitative estimate of drug-likeness (QED) is 0.337. The van der Waals surface area contributed by atoms with Gasteiger partial charge in [0.05, 0.1) is 27.2 Å². The second-order valence-electron chi connectivity index (χ2n) is 7.52. The Hall–Kier alpha value is -4.00. The van der Waals surface area contributed by atoms with Gasteiger partial charge in [-0.2, -0.15) is 0 Å². The number of anilines is 1. The monoisotopic (exact) mass is 506 g/mol. The third-order valence-corrected chi connectivity index (χ3v) is 7.07. The highest BCUT2D eigenvalue weighted by molar-refractivity contribution is 7.99. The fourth-order valence-corrected chi connectivity index (χ4v) is 4.89. The normalized spacial score (nSPS) is 11.7. The van der Waals surface area contributed by atoms with Gasteiger partial charge in [-0.25, -0.2) is 18.1 Å². The molecule has 176 valence electrons. The predicted molar refractivity (Wildman–Crippen MR) is 133 cm³/mol. The summed E-state index contributed by atoms with van der Waals surface area (Å²) >= 11 is 1.16. The topological polar surface area (TPSA) is 141 Å². The van der Waals surface area contributed by atoms with Gasteiger partial charge in [-0.05, 0) is 48.5 Å². The van der Waals surface area contributed by atoms with Crippen molar-refractivity contribution in [2.24, 2.45) is 5.14 Å². The summed E-state index contributed by atoms with van der Waals surface area (Å²) < 4.78 is 26.0. The molecule has 3 aromatic carbocycles. The largest absolute Gasteiger partial charge is 0.325 e. The summed E-state index contributed by atoms with van der Waals surface area (Å²) in [7, 11) is -3.81. The number of para-hydroxylation sites is 2. The second kappa shape index (κ2) is 8.98. The minimum absolute atomic E-state index is 0.0104. The van der Waals surface area contributed by atoms with Gasteiger partial charge in [-0.15, -0.1) is 10.2 Å². The number of sulfonamides is 1. The third kappa shape index (κ3) is 4.41. The van der Waals surface area contributed by atoms with Crippen LogP contribution in [0, 0.1) is 0 Å². The van der Waals surface area contributed by atoms with E-state index < -0.39 is 10.0 Å². The van der Waals surface area contributed by atoms with Crippen LogP contribution in [-0.4, -0.2) is 39.2 Å². The zero-order valence-corrected chi connectivity index (χ0v) is 19.7. The first-order chi connectivity index (χ1) is 16.8. The minimum atomic E-state index is -3.81. The maximum absolute atomic E-state index is 13.3. The van der Waals surface area contributed by atoms with Crippen molar-refractivity contribution in [2.45, 2.75) is 10.1 Å². The molecule has 3 N–H and O–H groups in total. The van der Waals surface area contributed by atoms with Crippen molar-refractivity contribution in [1.82, 2.24) is 19.2 Å². The zero-order valence-electron chi connectivity index (χ0n) is 18.0. The number of nitrogens with one attached hydrogen (secondary N) is 1. The Bertz CT molecular complexity index is 1730. The number of hydrogen-bond donors (Lipinski definition) is 2. The highest BCUT2D eigenvalue weighted by atomic mass is 32.2. The first-order valence-electron chi connectivity index (χ1n) is 10.3. The Labute approximate surface area is 203 Å². The molecule has 5 aromatic rings. The van der Waals surface area contributed by atoms with Gasteiger partial charge < -0.3 is 5.32 Å². The highest BCUT2D eigenvalue weighted by Gasteiger charge is 2.18. The summed E-state index contributed by atoms with van der Waals surface area (Å²) in [5.74, 6) is 0.0217. The number of benzene rings is 3. The van der Waals surface area contributed by atoms with Gasteiger partial charge in [-0.3, -0.25) is 14.0 Å². The highest BCUT2D eigenvalue weighted by Crippen LogP contribution is 2.23. The van der Waals surface area contributed by atoms with Gasteiger partial charge in [0.1, 0.15) is 0 Å². The molecule has 2 aromatic heterocycles. The number of thioether (sulfide) groups is 1. The summed E-state index contributed by atoms with van der Waals surface area (Å²) in [4.78, 5) is 25.8. The van der Waals surface area contributed by atoms with Gasteiger partial charge in [0.25, 0.3) is 5.56 Å². The lowest BCUT2D eigenvalue weighted by Gasteiger charge is -2.11. The SMILES string of the molecule is NS(=O)(=O)c1ccc(NC(=O)CSc2nnc3n(-c4ccccc4)c(=O)c4ccccc4n23)cc1. The lowest BCUT2D eigenvalue weighted by atomic mass is 10.2. The van der Waals surface area contributed by atoms with Crippen molar-refractivity contribution in [1.29, 1.82) is 0 Å². The molecule has 0 fully saturated rings. The van der Waals surface area contributed by atoms with Crippen molar-refractivity contribution < 1.29 is 13.2 Å². The van der Waals surface area contributed by atoms with Crippen LogP contribution in [0.25, 0.3) is 22.4 Å². The Balaban J connectivity index is 1.46. The molecule has 0 bridgehead atoms. The lowest BCUT2D eigenvalue weighted by Crippen LogP contribution is -2.21. The summed E-state index contributed by atoms with van der Waals surface area (Å²) in [6, 6.07) is 21.9. The molecule has 0 spiro atoms. The number of rotatable bonds is 6. The number of carbonyl (C=O) groups is 1. The molecule has 10 nitrogen and oxygen atoms in total. The maximum Gasteiger partial charge on any atom is 0.267 e. The van der Waals surface area contributed by atoms with Crippen molar-refractivity contribution in [3.8, 4) is 5.69 Å². The van der Waals surface area contributed by atoms with Crippen molar-refractivity contribution in [3.05, 3.63) is 89.2 Å². The van der Waals surface area contributed by atoms with E-state index in [1.54, 1.807) is 22.6 Å². The third-order valence-electron chi connectivity index (χ3n) is 5.21. The van der Waals surface area contributed by atoms with E-state index in [0.717, 1.165) is 11.8 Å². The number of nitrogens with two attached hydrogens (primary N) is 1. The fourth-order valence-electron chi connectivity index (χ4n) is 3.64. The smallest absolute Gasteiger partial charge is 0.267 e. The van der Waals surface area contributed by atoms with Crippen LogP contribution in [0.5, 0.6) is 0 Å². The standard InChI is InChI=1S/C23H18N6O4S2/c24-35(32,33)17-12-10-15(11-13-17)25-20(30)14-34-23-27-26-22-28(16-6-2-1-3-7-16)21(31)18-8-4-5-9-19(18)29(22)23/h1-13H,14H2,(H,25,30)(H2,24,32,33). The molecule has 0 aliphatic rings. The molecule has 0 saturated heterocycles. The second-order valence-corrected chi connectivity index (χ2v) is 10.0. The molecular formula is C23H18N6O4S2. The minimum Gasteiger partial charge on any atom is -0.325 e. The maximum atomic E-state index is 13.3. The van der Waals surface area contributed by atoms with Crippen molar-refractivity contribution >= 4 is 50.1 Å². The van der Waals surface area contributed by atoms with Crippen LogP contribution in [0.2, 0.25) is 0 Å². The van der Waals surface area contributed by atoms with Gasteiger partial charge in [0.15, 0.2) is 5.16 Å². The molecular weight excluding hydrogens is 488 g/mol. The molecule has 0 atom stereocenters. The number of amides is 1. The average molecular weight is 507 g/mol. The Morgan fingerprint density at radius 2 is 1.63 bits per heavy atom. The first-order valence-corrected chi connectivity index (χ1v) is 12.9. The van der Waals surface area contributed by atoms with E-state index in [0.29, 0.717) is 33.2 Å². The van der Waals surface area contributed by atoms with E-state index in [4.69, 9.17) is 5.14 Å². The van der Waals surface area contributed by atoms with Gasteiger partial charge >= 0.3 is 0 Å². The summed E-state index contributed by atoms with van der Waals surface area (Å²) in [5, 5.41) is 17.2. The number of carbonyl (C=O) groups excluding carboxylic acids is 1. The van der Waals surface area contributed by atoms with Crippen LogP contribution in [0.15, 0.2) is 93.7 Å². The van der Waals surface area contributed by atoms with Gasteiger partial charge in [-0.1, -0.05) is 42.1 Å². The Morgan fingerprint density at radius 1 is 0.943 bits per heavy atom. The Morgan fingerprint density at radius 3 is 2.34 bits per heavy atom. The van der Waals surface area contributed by atoms with E-state index in [-0.39, 0.29) is 22.1 Å². The number of hydrogen-bond acceptors (Lipinski definition) is 7. The zero-order chi connectivity index (χ0) is 24.6. The Kier molecular flexibility index (Phi) is 5.84. The molecule has 0 aliphatic heterocycles. The summed E-state index contributed by atoms with van der Waals surface area (Å²) in [6.07, 6.45) is 0. The molecule has 12 heteroatoms. The van der Waals surface area contributed by atoms with Crippen LogP contribution in [0.1, 0.15) is 0 Å². The molecule has 0 unspecified atom stereocenters. The van der Waals surface area contributed by atoms with Crippen LogP contribution in [0.4, 0.5) is 5.69 Å². The fraction of sp³-hybridized carbons (Fsp3) is 0.0435. The molecule has 0 radical (unpaired) electrons. The van der Waals surface area contributed by atoms with Crippen molar-refractivity contribution in [2.75, 3.05) is 11.1 Å².